The lowest BCUT2D eigenvalue weighted by Crippen LogP contribution is -2.43. The molecule has 0 radical (unpaired) electrons. The molecule has 0 spiro atoms. The molecule has 3 N–H and O–H groups in total. The number of phenols is 1. The van der Waals surface area contributed by atoms with Gasteiger partial charge in [-0.25, -0.2) is 9.59 Å². The molecule has 10 heteroatoms. The number of aliphatic carboxylic acids is 1. The molecule has 0 aliphatic carbocycles. The number of carbonyl (C=O) groups is 2. The van der Waals surface area contributed by atoms with Crippen LogP contribution in [0.25, 0.3) is 22.3 Å². The molecule has 0 saturated heterocycles. The van der Waals surface area contributed by atoms with Crippen LogP contribution in [0.1, 0.15) is 46.1 Å². The van der Waals surface area contributed by atoms with Crippen LogP contribution in [0.15, 0.2) is 39.5 Å². The van der Waals surface area contributed by atoms with Gasteiger partial charge in [-0.1, -0.05) is 13.8 Å². The SMILES string of the molecule is COc1ccc(-c2oc3c4c(cc(O)c3c(=O)c2OC(=O)NC(CC(C)C)C(=O)O)OC(C)(C)CC4)cc1. The number of fused-ring (bicyclic) bond motifs is 3. The number of hydrogen-bond donors (Lipinski definition) is 3. The van der Waals surface area contributed by atoms with E-state index in [9.17, 15) is 24.6 Å². The Balaban J connectivity index is 1.87. The van der Waals surface area contributed by atoms with Crippen molar-refractivity contribution in [2.75, 3.05) is 7.11 Å². The first-order valence-electron chi connectivity index (χ1n) is 12.3. The summed E-state index contributed by atoms with van der Waals surface area (Å²) in [5, 5.41) is 22.4. The molecular weight excluding hydrogens is 494 g/mol. The molecule has 1 aromatic heterocycles. The minimum absolute atomic E-state index is 0.0210. The van der Waals surface area contributed by atoms with Gasteiger partial charge in [0, 0.05) is 17.2 Å². The van der Waals surface area contributed by atoms with Crippen LogP contribution >= 0.6 is 0 Å². The number of amides is 1. The number of carboxylic acids is 1. The smallest absolute Gasteiger partial charge is 0.413 e. The maximum absolute atomic E-state index is 13.7. The first-order valence-corrected chi connectivity index (χ1v) is 12.3. The van der Waals surface area contributed by atoms with Gasteiger partial charge in [0.2, 0.25) is 11.2 Å². The van der Waals surface area contributed by atoms with E-state index >= 15 is 0 Å². The van der Waals surface area contributed by atoms with Crippen LogP contribution in [0.3, 0.4) is 0 Å². The summed E-state index contributed by atoms with van der Waals surface area (Å²) in [6.45, 7) is 7.48. The summed E-state index contributed by atoms with van der Waals surface area (Å²) >= 11 is 0. The molecule has 2 aromatic carbocycles. The summed E-state index contributed by atoms with van der Waals surface area (Å²) in [7, 11) is 1.51. The van der Waals surface area contributed by atoms with Crippen molar-refractivity contribution >= 4 is 23.0 Å². The second kappa shape index (κ2) is 10.3. The third-order valence-electron chi connectivity index (χ3n) is 6.37. The third kappa shape index (κ3) is 5.39. The second-order valence-electron chi connectivity index (χ2n) is 10.3. The van der Waals surface area contributed by atoms with Crippen LogP contribution in [0.4, 0.5) is 4.79 Å². The lowest BCUT2D eigenvalue weighted by molar-refractivity contribution is -0.139. The molecule has 1 amide bonds. The molecule has 0 bridgehead atoms. The molecule has 4 rings (SSSR count). The summed E-state index contributed by atoms with van der Waals surface area (Å²) < 4.78 is 22.8. The van der Waals surface area contributed by atoms with Crippen LogP contribution in [0.5, 0.6) is 23.0 Å². The molecule has 3 aromatic rings. The molecule has 0 saturated carbocycles. The van der Waals surface area contributed by atoms with Crippen molar-refractivity contribution in [2.24, 2.45) is 5.92 Å². The van der Waals surface area contributed by atoms with Crippen LogP contribution in [-0.4, -0.2) is 41.0 Å². The predicted molar refractivity (Wildman–Crippen MR) is 139 cm³/mol. The van der Waals surface area contributed by atoms with E-state index in [1.807, 2.05) is 27.7 Å². The van der Waals surface area contributed by atoms with Gasteiger partial charge in [0.15, 0.2) is 5.76 Å². The number of carbonyl (C=O) groups excluding carboxylic acids is 1. The number of methoxy groups -OCH3 is 1. The van der Waals surface area contributed by atoms with Crippen molar-refractivity contribution in [1.29, 1.82) is 0 Å². The molecule has 1 aliphatic rings. The van der Waals surface area contributed by atoms with Crippen LogP contribution < -0.4 is 25.0 Å². The highest BCUT2D eigenvalue weighted by atomic mass is 16.6. The van der Waals surface area contributed by atoms with Crippen LogP contribution in [0.2, 0.25) is 0 Å². The van der Waals surface area contributed by atoms with Gasteiger partial charge in [0.1, 0.15) is 39.9 Å². The van der Waals surface area contributed by atoms with E-state index < -0.39 is 34.9 Å². The van der Waals surface area contributed by atoms with Gasteiger partial charge in [-0.05, 0) is 63.3 Å². The van der Waals surface area contributed by atoms with E-state index in [-0.39, 0.29) is 34.8 Å². The number of ether oxygens (including phenoxy) is 3. The van der Waals surface area contributed by atoms with Crippen molar-refractivity contribution in [2.45, 2.75) is 58.6 Å². The lowest BCUT2D eigenvalue weighted by Gasteiger charge is -2.32. The minimum atomic E-state index is -1.23. The van der Waals surface area contributed by atoms with E-state index in [4.69, 9.17) is 18.6 Å². The van der Waals surface area contributed by atoms with Gasteiger partial charge < -0.3 is 34.2 Å². The highest BCUT2D eigenvalue weighted by molar-refractivity contribution is 5.92. The Kier molecular flexibility index (Phi) is 7.26. The van der Waals surface area contributed by atoms with Gasteiger partial charge in [-0.15, -0.1) is 0 Å². The largest absolute Gasteiger partial charge is 0.507 e. The zero-order valence-corrected chi connectivity index (χ0v) is 21.9. The van der Waals surface area contributed by atoms with E-state index in [0.29, 0.717) is 35.5 Å². The van der Waals surface area contributed by atoms with Crippen molar-refractivity contribution in [3.8, 4) is 34.3 Å². The fourth-order valence-corrected chi connectivity index (χ4v) is 4.44. The predicted octanol–water partition coefficient (Wildman–Crippen LogP) is 4.87. The average Bonchev–Trinajstić information content (AvgIpc) is 2.83. The number of nitrogens with one attached hydrogen (secondary N) is 1. The van der Waals surface area contributed by atoms with E-state index in [0.717, 1.165) is 0 Å². The molecule has 1 atom stereocenters. The van der Waals surface area contributed by atoms with Gasteiger partial charge >= 0.3 is 12.1 Å². The molecule has 1 unspecified atom stereocenters. The molecule has 2 heterocycles. The summed E-state index contributed by atoms with van der Waals surface area (Å²) in [5.41, 5.74) is -0.110. The maximum Gasteiger partial charge on any atom is 0.413 e. The topological polar surface area (TPSA) is 145 Å². The van der Waals surface area contributed by atoms with Crippen LogP contribution in [0, 0.1) is 5.92 Å². The van der Waals surface area contributed by atoms with E-state index in [2.05, 4.69) is 5.32 Å². The summed E-state index contributed by atoms with van der Waals surface area (Å²) in [5.74, 6) is -1.23. The van der Waals surface area contributed by atoms with Crippen molar-refractivity contribution in [1.82, 2.24) is 5.32 Å². The Bertz CT molecular complexity index is 1440. The minimum Gasteiger partial charge on any atom is -0.507 e. The van der Waals surface area contributed by atoms with Gasteiger partial charge in [0.05, 0.1) is 7.11 Å². The van der Waals surface area contributed by atoms with Crippen LogP contribution in [-0.2, 0) is 11.2 Å². The summed E-state index contributed by atoms with van der Waals surface area (Å²) in [6, 6.07) is 6.69. The van der Waals surface area contributed by atoms with Gasteiger partial charge in [-0.2, -0.15) is 0 Å². The number of rotatable bonds is 7. The fourth-order valence-electron chi connectivity index (χ4n) is 4.44. The molecule has 38 heavy (non-hydrogen) atoms. The Labute approximate surface area is 219 Å². The zero-order valence-electron chi connectivity index (χ0n) is 21.9. The highest BCUT2D eigenvalue weighted by Crippen LogP contribution is 2.43. The quantitative estimate of drug-likeness (QED) is 0.393. The Morgan fingerprint density at radius 3 is 2.47 bits per heavy atom. The van der Waals surface area contributed by atoms with E-state index in [1.165, 1.54) is 13.2 Å². The van der Waals surface area contributed by atoms with Gasteiger partial charge in [-0.3, -0.25) is 4.79 Å². The number of hydrogen-bond acceptors (Lipinski definition) is 8. The number of aryl methyl sites for hydroxylation is 1. The first-order chi connectivity index (χ1) is 17.9. The number of phenolic OH excluding ortho intramolecular Hbond substituents is 1. The number of carboxylic acid groups (broad SMARTS) is 1. The first kappa shape index (κ1) is 26.8. The Morgan fingerprint density at radius 2 is 1.87 bits per heavy atom. The molecule has 202 valence electrons. The van der Waals surface area contributed by atoms with Crippen molar-refractivity contribution in [3.63, 3.8) is 0 Å². The van der Waals surface area contributed by atoms with Crippen molar-refractivity contribution < 1.29 is 38.4 Å². The summed E-state index contributed by atoms with van der Waals surface area (Å²) in [4.78, 5) is 38.1. The zero-order chi connectivity index (χ0) is 27.8. The average molecular weight is 526 g/mol. The second-order valence-corrected chi connectivity index (χ2v) is 10.3. The summed E-state index contributed by atoms with van der Waals surface area (Å²) in [6.07, 6.45) is 0.196. The normalized spacial score (nSPS) is 14.9. The fraction of sp³-hybridized carbons (Fsp3) is 0.393. The third-order valence-corrected chi connectivity index (χ3v) is 6.37. The monoisotopic (exact) mass is 525 g/mol. The Hall–Kier alpha value is -4.21. The molecule has 10 nitrogen and oxygen atoms in total. The molecular formula is C28H31NO9. The number of aromatic hydroxyl groups is 1. The molecule has 1 aliphatic heterocycles. The van der Waals surface area contributed by atoms with Crippen molar-refractivity contribution in [3.05, 3.63) is 46.1 Å². The maximum atomic E-state index is 13.7. The lowest BCUT2D eigenvalue weighted by atomic mass is 9.92. The van der Waals surface area contributed by atoms with E-state index in [1.54, 1.807) is 24.3 Å². The standard InChI is InChI=1S/C28H31NO9/c1-14(2)12-18(26(32)33)29-27(34)37-25-22(31)21-19(30)13-20-17(10-11-28(3,4)38-20)24(21)36-23(25)15-6-8-16(35-5)9-7-15/h6-9,13-14,18,30H,10-12H2,1-5H3,(H,29,34)(H,32,33). The van der Waals surface area contributed by atoms with Gasteiger partial charge in [0.25, 0.3) is 0 Å². The molecule has 0 fully saturated rings. The highest BCUT2D eigenvalue weighted by Gasteiger charge is 2.32. The number of benzene rings is 2. The Morgan fingerprint density at radius 1 is 1.18 bits per heavy atom.